The van der Waals surface area contributed by atoms with E-state index in [0.717, 1.165) is 17.7 Å². The highest BCUT2D eigenvalue weighted by molar-refractivity contribution is 6.04. The molecular weight excluding hydrogens is 574 g/mol. The summed E-state index contributed by atoms with van der Waals surface area (Å²) in [5.74, 6) is 0.0340. The number of hydrogen-bond acceptors (Lipinski definition) is 10. The van der Waals surface area contributed by atoms with Crippen LogP contribution in [-0.2, 0) is 16.7 Å². The molecule has 12 nitrogen and oxygen atoms in total. The van der Waals surface area contributed by atoms with Crippen LogP contribution in [0.1, 0.15) is 69.8 Å². The number of nitrogens with zero attached hydrogens (tertiary/aromatic N) is 5. The molecule has 3 unspecified atom stereocenters. The van der Waals surface area contributed by atoms with Crippen LogP contribution in [0.2, 0.25) is 0 Å². The average molecular weight is 612 g/mol. The van der Waals surface area contributed by atoms with Gasteiger partial charge in [0.15, 0.2) is 0 Å². The molecule has 1 aliphatic heterocycles. The molecule has 234 valence electrons. The molecule has 0 radical (unpaired) electrons. The van der Waals surface area contributed by atoms with Crippen molar-refractivity contribution in [2.24, 2.45) is 4.99 Å². The van der Waals surface area contributed by atoms with E-state index < -0.39 is 17.2 Å². The minimum Gasteiger partial charge on any atom is -0.444 e. The number of hydrogen-bond donors (Lipinski definition) is 2. The summed E-state index contributed by atoms with van der Waals surface area (Å²) in [6.45, 7) is 11.0. The second-order valence-corrected chi connectivity index (χ2v) is 12.2. The maximum atomic E-state index is 13.5. The van der Waals surface area contributed by atoms with E-state index in [0.29, 0.717) is 12.1 Å². The molecule has 1 aliphatic rings. The number of ether oxygens (including phenoxy) is 1. The lowest BCUT2D eigenvalue weighted by molar-refractivity contribution is 0.0443. The lowest BCUT2D eigenvalue weighted by atomic mass is 9.92. The minimum atomic E-state index is -1.14. The van der Waals surface area contributed by atoms with Crippen molar-refractivity contribution in [2.45, 2.75) is 77.6 Å². The number of amides is 2. The molecule has 12 heteroatoms. The van der Waals surface area contributed by atoms with Gasteiger partial charge in [-0.1, -0.05) is 36.4 Å². The summed E-state index contributed by atoms with van der Waals surface area (Å²) in [6.07, 6.45) is 7.45. The number of rotatable bonds is 9. The fourth-order valence-corrected chi connectivity index (χ4v) is 4.83. The number of carbonyl (C=O) groups is 2. The van der Waals surface area contributed by atoms with E-state index in [1.54, 1.807) is 39.8 Å². The largest absolute Gasteiger partial charge is 0.444 e. The summed E-state index contributed by atoms with van der Waals surface area (Å²) in [5, 5.41) is 14.5. The molecule has 5 rings (SSSR count). The Balaban J connectivity index is 1.48. The van der Waals surface area contributed by atoms with Gasteiger partial charge in [0.25, 0.3) is 11.8 Å². The van der Waals surface area contributed by atoms with E-state index in [4.69, 9.17) is 13.6 Å². The predicted molar refractivity (Wildman–Crippen MR) is 167 cm³/mol. The van der Waals surface area contributed by atoms with Gasteiger partial charge in [-0.05, 0) is 71.7 Å². The lowest BCUT2D eigenvalue weighted by Crippen LogP contribution is -2.47. The Kier molecular flexibility index (Phi) is 8.94. The van der Waals surface area contributed by atoms with Gasteiger partial charge >= 0.3 is 6.09 Å². The number of carbonyl (C=O) groups excluding carboxylic acids is 2. The smallest absolute Gasteiger partial charge is 0.408 e. The number of dihydropyridines is 1. The zero-order chi connectivity index (χ0) is 32.2. The first-order valence-electron chi connectivity index (χ1n) is 14.7. The highest BCUT2D eigenvalue weighted by Gasteiger charge is 2.37. The summed E-state index contributed by atoms with van der Waals surface area (Å²) in [4.78, 5) is 39.9. The molecule has 1 aromatic carbocycles. The Hall–Kier alpha value is -5.13. The van der Waals surface area contributed by atoms with E-state index in [-0.39, 0.29) is 46.9 Å². The van der Waals surface area contributed by atoms with Crippen molar-refractivity contribution in [3.63, 3.8) is 0 Å². The molecule has 2 N–H and O–H groups in total. The zero-order valence-electron chi connectivity index (χ0n) is 26.2. The van der Waals surface area contributed by atoms with E-state index in [9.17, 15) is 9.59 Å². The number of aromatic nitrogens is 4. The van der Waals surface area contributed by atoms with Crippen LogP contribution < -0.4 is 10.6 Å². The topological polar surface area (TPSA) is 158 Å². The normalized spacial score (nSPS) is 16.8. The molecule has 0 bridgehead atoms. The van der Waals surface area contributed by atoms with Crippen LogP contribution in [0.25, 0.3) is 23.2 Å². The minimum absolute atomic E-state index is 0.0409. The van der Waals surface area contributed by atoms with Crippen LogP contribution in [0.5, 0.6) is 0 Å². The maximum absolute atomic E-state index is 13.5. The lowest BCUT2D eigenvalue weighted by Gasteiger charge is -2.29. The van der Waals surface area contributed by atoms with Crippen molar-refractivity contribution in [1.29, 1.82) is 0 Å². The first kappa shape index (κ1) is 31.3. The van der Waals surface area contributed by atoms with Gasteiger partial charge in [0.2, 0.25) is 11.8 Å². The first-order chi connectivity index (χ1) is 21.4. The molecule has 3 atom stereocenters. The van der Waals surface area contributed by atoms with Crippen molar-refractivity contribution in [1.82, 2.24) is 30.8 Å². The quantitative estimate of drug-likeness (QED) is 0.243. The van der Waals surface area contributed by atoms with Gasteiger partial charge in [-0.25, -0.2) is 14.8 Å². The van der Waals surface area contributed by atoms with Crippen LogP contribution in [-0.4, -0.2) is 55.6 Å². The van der Waals surface area contributed by atoms with Gasteiger partial charge in [0, 0.05) is 12.0 Å². The van der Waals surface area contributed by atoms with Gasteiger partial charge in [-0.15, -0.1) is 10.2 Å². The summed E-state index contributed by atoms with van der Waals surface area (Å²) < 4.78 is 17.2. The third-order valence-electron chi connectivity index (χ3n) is 6.96. The zero-order valence-corrected chi connectivity index (χ0v) is 26.2. The Morgan fingerprint density at radius 1 is 1.07 bits per heavy atom. The molecule has 2 amide bonds. The second kappa shape index (κ2) is 12.8. The molecule has 4 heterocycles. The third-order valence-corrected chi connectivity index (χ3v) is 6.96. The van der Waals surface area contributed by atoms with Crippen molar-refractivity contribution in [3.8, 4) is 23.2 Å². The summed E-state index contributed by atoms with van der Waals surface area (Å²) in [5.41, 5.74) is 0.681. The van der Waals surface area contributed by atoms with Gasteiger partial charge in [0.1, 0.15) is 28.8 Å². The van der Waals surface area contributed by atoms with Crippen LogP contribution >= 0.6 is 0 Å². The van der Waals surface area contributed by atoms with Crippen molar-refractivity contribution >= 4 is 17.7 Å². The molecule has 45 heavy (non-hydrogen) atoms. The molecule has 0 saturated carbocycles. The van der Waals surface area contributed by atoms with Crippen LogP contribution in [0.15, 0.2) is 80.9 Å². The molecule has 4 aromatic rings. The standard InChI is InChI=1S/C33H37N7O5/c1-20-11-10-14-24(35-20)21(2)36-27(41)23-17-25(28-34-15-16-43-28)37-26(18-23)29-39-40-30(44-29)33(6,19-22-12-8-7-9-13-22)38-31(42)45-32(3,4)5/h7-10,12-18,20-21H,11,19H2,1-6H3,(H,36,41)(H,38,42). The number of pyridine rings is 1. The number of alkyl carbamates (subject to hydrolysis) is 1. The Labute approximate surface area is 261 Å². The highest BCUT2D eigenvalue weighted by Crippen LogP contribution is 2.29. The van der Waals surface area contributed by atoms with Crippen molar-refractivity contribution in [2.75, 3.05) is 0 Å². The van der Waals surface area contributed by atoms with Gasteiger partial charge in [-0.2, -0.15) is 0 Å². The monoisotopic (exact) mass is 611 g/mol. The average Bonchev–Trinajstić information content (AvgIpc) is 3.70. The predicted octanol–water partition coefficient (Wildman–Crippen LogP) is 5.68. The fourth-order valence-electron chi connectivity index (χ4n) is 4.83. The van der Waals surface area contributed by atoms with Crippen molar-refractivity contribution < 1.29 is 23.2 Å². The van der Waals surface area contributed by atoms with E-state index in [1.807, 2.05) is 50.3 Å². The third kappa shape index (κ3) is 7.88. The van der Waals surface area contributed by atoms with Crippen molar-refractivity contribution in [3.05, 3.63) is 84.1 Å². The van der Waals surface area contributed by atoms with E-state index >= 15 is 0 Å². The molecule has 3 aromatic heterocycles. The maximum Gasteiger partial charge on any atom is 0.408 e. The molecular formula is C33H37N7O5. The van der Waals surface area contributed by atoms with Crippen LogP contribution in [0.4, 0.5) is 4.79 Å². The first-order valence-corrected chi connectivity index (χ1v) is 14.7. The van der Waals surface area contributed by atoms with Crippen LogP contribution in [0.3, 0.4) is 0 Å². The van der Waals surface area contributed by atoms with Crippen LogP contribution in [0, 0.1) is 0 Å². The number of oxazole rings is 1. The summed E-state index contributed by atoms with van der Waals surface area (Å²) in [6, 6.07) is 12.6. The molecule has 0 aliphatic carbocycles. The Morgan fingerprint density at radius 3 is 2.47 bits per heavy atom. The van der Waals surface area contributed by atoms with E-state index in [1.165, 1.54) is 12.5 Å². The highest BCUT2D eigenvalue weighted by atomic mass is 16.6. The number of aliphatic imine (C=N–C) groups is 1. The fraction of sp³-hybridized carbons (Fsp3) is 0.364. The molecule has 0 fully saturated rings. The number of benzene rings is 1. The number of nitrogens with one attached hydrogen (secondary N) is 2. The summed E-state index contributed by atoms with van der Waals surface area (Å²) >= 11 is 0. The second-order valence-electron chi connectivity index (χ2n) is 12.2. The molecule has 0 spiro atoms. The molecule has 0 saturated heterocycles. The SMILES string of the molecule is CC1CC=CC(C(C)NC(=O)c2cc(-c3ncco3)nc(-c3nnc(C(C)(Cc4ccccc4)NC(=O)OC(C)(C)C)o3)c2)=N1. The van der Waals surface area contributed by atoms with Gasteiger partial charge < -0.3 is 24.2 Å². The van der Waals surface area contributed by atoms with Gasteiger partial charge in [-0.3, -0.25) is 9.79 Å². The van der Waals surface area contributed by atoms with E-state index in [2.05, 4.69) is 41.9 Å². The Bertz CT molecular complexity index is 1710. The van der Waals surface area contributed by atoms with Gasteiger partial charge in [0.05, 0.1) is 24.0 Å². The summed E-state index contributed by atoms with van der Waals surface area (Å²) in [7, 11) is 0. The Morgan fingerprint density at radius 2 is 1.80 bits per heavy atom.